The number of aryl methyl sites for hydroxylation is 1. The van der Waals surface area contributed by atoms with Crippen molar-refractivity contribution in [3.63, 3.8) is 0 Å². The van der Waals surface area contributed by atoms with E-state index in [1.807, 2.05) is 6.20 Å². The molecule has 6 heteroatoms. The highest BCUT2D eigenvalue weighted by atomic mass is 32.1. The van der Waals surface area contributed by atoms with E-state index in [2.05, 4.69) is 50.8 Å². The monoisotopic (exact) mass is 342 g/mol. The number of aromatic nitrogens is 3. The number of H-pyrrole nitrogens is 1. The summed E-state index contributed by atoms with van der Waals surface area (Å²) >= 11 is 1.74. The lowest BCUT2D eigenvalue weighted by atomic mass is 10.1. The van der Waals surface area contributed by atoms with Crippen LogP contribution in [0.4, 0.5) is 0 Å². The van der Waals surface area contributed by atoms with Crippen molar-refractivity contribution in [2.24, 2.45) is 0 Å². The molecule has 1 aliphatic heterocycles. The Morgan fingerprint density at radius 1 is 1.46 bits per heavy atom. The van der Waals surface area contributed by atoms with Crippen molar-refractivity contribution >= 4 is 11.3 Å². The number of nitrogens with zero attached hydrogens (tertiary/aromatic N) is 3. The molecule has 0 amide bonds. The lowest BCUT2D eigenvalue weighted by Gasteiger charge is -2.22. The first-order valence-corrected chi connectivity index (χ1v) is 9.48. The van der Waals surface area contributed by atoms with Crippen molar-refractivity contribution in [2.45, 2.75) is 45.2 Å². The molecule has 1 aliphatic rings. The molecule has 5 nitrogen and oxygen atoms in total. The van der Waals surface area contributed by atoms with Crippen LogP contribution in [0, 0.1) is 0 Å². The van der Waals surface area contributed by atoms with Gasteiger partial charge in [-0.1, -0.05) is 18.1 Å². The molecule has 1 N–H and O–H groups in total. The van der Waals surface area contributed by atoms with Crippen molar-refractivity contribution in [3.8, 4) is 10.6 Å². The number of hydrogen-bond acceptors (Lipinski definition) is 5. The molecular formula is C18H22N4OS. The molecule has 3 aromatic rings. The number of nitrogens with one attached hydrogen (secondary N) is 1. The molecule has 1 fully saturated rings. The van der Waals surface area contributed by atoms with Crippen LogP contribution in [-0.2, 0) is 13.0 Å². The SMILES string of the molecule is CCCc1cc(C2CCCN2Cc2cn[nH]c2-c2cccs2)no1. The number of aromatic amines is 1. The summed E-state index contributed by atoms with van der Waals surface area (Å²) in [4.78, 5) is 3.74. The first kappa shape index (κ1) is 15.6. The number of rotatable bonds is 6. The van der Waals surface area contributed by atoms with Crippen LogP contribution in [-0.4, -0.2) is 26.8 Å². The van der Waals surface area contributed by atoms with Gasteiger partial charge < -0.3 is 4.52 Å². The summed E-state index contributed by atoms with van der Waals surface area (Å²) in [5, 5.41) is 13.9. The Morgan fingerprint density at radius 3 is 3.25 bits per heavy atom. The predicted octanol–water partition coefficient (Wildman–Crippen LogP) is 4.42. The maximum absolute atomic E-state index is 5.49. The van der Waals surface area contributed by atoms with Crippen LogP contribution in [0.25, 0.3) is 10.6 Å². The van der Waals surface area contributed by atoms with Crippen LogP contribution in [0.5, 0.6) is 0 Å². The third-order valence-corrected chi connectivity index (χ3v) is 5.52. The second-order valence-electron chi connectivity index (χ2n) is 6.34. The van der Waals surface area contributed by atoms with E-state index >= 15 is 0 Å². The summed E-state index contributed by atoms with van der Waals surface area (Å²) in [5.74, 6) is 1.00. The zero-order chi connectivity index (χ0) is 16.4. The first-order valence-electron chi connectivity index (χ1n) is 8.61. The van der Waals surface area contributed by atoms with E-state index < -0.39 is 0 Å². The predicted molar refractivity (Wildman–Crippen MR) is 94.8 cm³/mol. The minimum atomic E-state index is 0.352. The molecule has 0 bridgehead atoms. The Kier molecular flexibility index (Phi) is 4.49. The molecular weight excluding hydrogens is 320 g/mol. The summed E-state index contributed by atoms with van der Waals surface area (Å²) in [7, 11) is 0. The van der Waals surface area contributed by atoms with Crippen LogP contribution >= 0.6 is 11.3 Å². The van der Waals surface area contributed by atoms with Crippen LogP contribution in [0.1, 0.15) is 49.2 Å². The lowest BCUT2D eigenvalue weighted by molar-refractivity contribution is 0.236. The maximum atomic E-state index is 5.49. The molecule has 0 radical (unpaired) electrons. The molecule has 0 aromatic carbocycles. The van der Waals surface area contributed by atoms with Gasteiger partial charge in [-0.15, -0.1) is 11.3 Å². The summed E-state index contributed by atoms with van der Waals surface area (Å²) in [6.07, 6.45) is 6.35. The fraction of sp³-hybridized carbons (Fsp3) is 0.444. The maximum Gasteiger partial charge on any atom is 0.137 e. The summed E-state index contributed by atoms with van der Waals surface area (Å²) in [6.45, 7) is 4.15. The molecule has 24 heavy (non-hydrogen) atoms. The molecule has 0 saturated carbocycles. The Morgan fingerprint density at radius 2 is 2.42 bits per heavy atom. The van der Waals surface area contributed by atoms with Crippen molar-refractivity contribution < 1.29 is 4.52 Å². The van der Waals surface area contributed by atoms with E-state index in [0.717, 1.165) is 49.5 Å². The highest BCUT2D eigenvalue weighted by Crippen LogP contribution is 2.35. The summed E-state index contributed by atoms with van der Waals surface area (Å²) in [6, 6.07) is 6.71. The summed E-state index contributed by atoms with van der Waals surface area (Å²) in [5.41, 5.74) is 3.47. The molecule has 4 heterocycles. The third-order valence-electron chi connectivity index (χ3n) is 4.64. The first-order chi connectivity index (χ1) is 11.8. The van der Waals surface area contributed by atoms with E-state index in [0.29, 0.717) is 6.04 Å². The Hall–Kier alpha value is -1.92. The van der Waals surface area contributed by atoms with Crippen LogP contribution in [0.3, 0.4) is 0 Å². The molecule has 0 spiro atoms. The highest BCUT2D eigenvalue weighted by molar-refractivity contribution is 7.13. The molecule has 1 atom stereocenters. The van der Waals surface area contributed by atoms with Gasteiger partial charge >= 0.3 is 0 Å². The van der Waals surface area contributed by atoms with Crippen molar-refractivity contribution in [2.75, 3.05) is 6.54 Å². The van der Waals surface area contributed by atoms with Crippen LogP contribution in [0.15, 0.2) is 34.3 Å². The smallest absolute Gasteiger partial charge is 0.137 e. The largest absolute Gasteiger partial charge is 0.361 e. The molecule has 0 aliphatic carbocycles. The lowest BCUT2D eigenvalue weighted by Crippen LogP contribution is -2.23. The van der Waals surface area contributed by atoms with Gasteiger partial charge in [0.2, 0.25) is 0 Å². The van der Waals surface area contributed by atoms with Gasteiger partial charge in [0.15, 0.2) is 0 Å². The van der Waals surface area contributed by atoms with E-state index in [9.17, 15) is 0 Å². The van der Waals surface area contributed by atoms with Crippen molar-refractivity contribution in [1.82, 2.24) is 20.3 Å². The zero-order valence-corrected chi connectivity index (χ0v) is 14.7. The minimum Gasteiger partial charge on any atom is -0.361 e. The number of thiophene rings is 1. The van der Waals surface area contributed by atoms with E-state index in [4.69, 9.17) is 4.52 Å². The quantitative estimate of drug-likeness (QED) is 0.720. The average Bonchev–Trinajstić information content (AvgIpc) is 3.36. The highest BCUT2D eigenvalue weighted by Gasteiger charge is 2.29. The van der Waals surface area contributed by atoms with Crippen LogP contribution < -0.4 is 0 Å². The second-order valence-corrected chi connectivity index (χ2v) is 7.29. The Balaban J connectivity index is 1.52. The van der Waals surface area contributed by atoms with Gasteiger partial charge in [0.1, 0.15) is 11.5 Å². The van der Waals surface area contributed by atoms with E-state index in [1.165, 1.54) is 16.9 Å². The normalized spacial score (nSPS) is 18.5. The van der Waals surface area contributed by atoms with Gasteiger partial charge in [0.05, 0.1) is 22.8 Å². The van der Waals surface area contributed by atoms with Crippen molar-refractivity contribution in [1.29, 1.82) is 0 Å². The third kappa shape index (κ3) is 3.03. The van der Waals surface area contributed by atoms with Gasteiger partial charge in [-0.3, -0.25) is 10.00 Å². The van der Waals surface area contributed by atoms with Gasteiger partial charge in [-0.2, -0.15) is 5.10 Å². The number of hydrogen-bond donors (Lipinski definition) is 1. The van der Waals surface area contributed by atoms with Crippen molar-refractivity contribution in [3.05, 3.63) is 46.8 Å². The number of likely N-dealkylation sites (tertiary alicyclic amines) is 1. The fourth-order valence-corrected chi connectivity index (χ4v) is 4.24. The molecule has 1 saturated heterocycles. The van der Waals surface area contributed by atoms with Gasteiger partial charge in [0.25, 0.3) is 0 Å². The fourth-order valence-electron chi connectivity index (χ4n) is 3.48. The summed E-state index contributed by atoms with van der Waals surface area (Å²) < 4.78 is 5.49. The van der Waals surface area contributed by atoms with Gasteiger partial charge in [-0.05, 0) is 37.3 Å². The Labute approximate surface area is 145 Å². The van der Waals surface area contributed by atoms with Gasteiger partial charge in [-0.25, -0.2) is 0 Å². The molecule has 1 unspecified atom stereocenters. The van der Waals surface area contributed by atoms with E-state index in [-0.39, 0.29) is 0 Å². The second kappa shape index (κ2) is 6.91. The molecule has 126 valence electrons. The zero-order valence-electron chi connectivity index (χ0n) is 13.9. The Bertz CT molecular complexity index is 777. The van der Waals surface area contributed by atoms with E-state index in [1.54, 1.807) is 11.3 Å². The molecule has 4 rings (SSSR count). The van der Waals surface area contributed by atoms with Gasteiger partial charge in [0, 0.05) is 24.6 Å². The minimum absolute atomic E-state index is 0.352. The topological polar surface area (TPSA) is 58.0 Å². The standard InChI is InChI=1S/C18H22N4OS/c1-2-5-14-10-15(21-23-14)16-6-3-8-22(16)12-13-11-19-20-18(13)17-7-4-9-24-17/h4,7,9-11,16H,2-3,5-6,8,12H2,1H3,(H,19,20). The molecule has 3 aromatic heterocycles. The average molecular weight is 342 g/mol. The van der Waals surface area contributed by atoms with Crippen LogP contribution in [0.2, 0.25) is 0 Å².